The number of esters is 1. The van der Waals surface area contributed by atoms with Crippen LogP contribution in [-0.2, 0) is 4.74 Å². The zero-order chi connectivity index (χ0) is 13.4. The molecule has 0 radical (unpaired) electrons. The minimum Gasteiger partial charge on any atom is -0.464 e. The number of nitrogens with zero attached hydrogens (tertiary/aromatic N) is 1. The van der Waals surface area contributed by atoms with Gasteiger partial charge in [0.2, 0.25) is 0 Å². The third-order valence-electron chi connectivity index (χ3n) is 2.27. The van der Waals surface area contributed by atoms with E-state index in [2.05, 4.69) is 25.7 Å². The van der Waals surface area contributed by atoms with Crippen LogP contribution >= 0.6 is 27.5 Å². The molecular weight excluding hydrogens is 331 g/mol. The summed E-state index contributed by atoms with van der Waals surface area (Å²) in [4.78, 5) is 15.1. The number of benzene rings is 1. The van der Waals surface area contributed by atoms with Crippen molar-refractivity contribution in [3.63, 3.8) is 0 Å². The molecule has 3 nitrogen and oxygen atoms in total. The predicted octanol–water partition coefficient (Wildman–Crippen LogP) is 3.72. The number of hydrogen-bond donors (Lipinski definition) is 0. The number of ether oxygens (including phenoxy) is 1. The topological polar surface area (TPSA) is 39.2 Å². The molecule has 0 spiro atoms. The lowest BCUT2D eigenvalue weighted by molar-refractivity contribution is 0.0594. The number of rotatable bonds is 1. The van der Waals surface area contributed by atoms with Crippen LogP contribution in [0.2, 0.25) is 5.02 Å². The van der Waals surface area contributed by atoms with Gasteiger partial charge in [0.25, 0.3) is 0 Å². The minimum atomic E-state index is -0.904. The molecule has 0 saturated heterocycles. The van der Waals surface area contributed by atoms with Gasteiger partial charge in [0, 0.05) is 11.5 Å². The molecule has 2 rings (SSSR count). The number of carbonyl (C=O) groups is 1. The number of carbonyl (C=O) groups excluding carboxylic acids is 1. The number of methoxy groups -OCH3 is 1. The molecule has 7 heteroatoms. The second-order valence-electron chi connectivity index (χ2n) is 3.36. The maximum Gasteiger partial charge on any atom is 0.356 e. The van der Waals surface area contributed by atoms with Gasteiger partial charge < -0.3 is 4.74 Å². The molecule has 0 saturated carbocycles. The molecule has 0 fully saturated rings. The maximum atomic E-state index is 13.6. The van der Waals surface area contributed by atoms with Gasteiger partial charge in [0.15, 0.2) is 11.5 Å². The number of aromatic nitrogens is 1. The van der Waals surface area contributed by atoms with Crippen LogP contribution in [0.25, 0.3) is 10.9 Å². The average molecular weight is 337 g/mol. The first-order valence-corrected chi connectivity index (χ1v) is 5.85. The van der Waals surface area contributed by atoms with E-state index in [-0.39, 0.29) is 26.1 Å². The summed E-state index contributed by atoms with van der Waals surface area (Å²) in [5, 5.41) is 0.0764. The monoisotopic (exact) mass is 335 g/mol. The molecule has 18 heavy (non-hydrogen) atoms. The smallest absolute Gasteiger partial charge is 0.356 e. The second kappa shape index (κ2) is 4.78. The highest BCUT2D eigenvalue weighted by Gasteiger charge is 2.18. The number of fused-ring (bicyclic) bond motifs is 1. The van der Waals surface area contributed by atoms with E-state index in [9.17, 15) is 13.6 Å². The van der Waals surface area contributed by atoms with E-state index >= 15 is 0 Å². The van der Waals surface area contributed by atoms with Gasteiger partial charge in [0.1, 0.15) is 11.3 Å². The highest BCUT2D eigenvalue weighted by molar-refractivity contribution is 9.10. The molecule has 0 atom stereocenters. The van der Waals surface area contributed by atoms with Crippen LogP contribution < -0.4 is 0 Å². The summed E-state index contributed by atoms with van der Waals surface area (Å²) in [6.45, 7) is 0. The standard InChI is InChI=1S/C11H5BrClF2NO2/c1-18-11(17)7-2-4(13)8-9(12)5(14)3-6(15)10(8)16-7/h2-3H,1H3. The third-order valence-corrected chi connectivity index (χ3v) is 3.35. The van der Waals surface area contributed by atoms with Crippen molar-refractivity contribution in [3.05, 3.63) is 39.0 Å². The summed E-state index contributed by atoms with van der Waals surface area (Å²) >= 11 is 8.86. The maximum absolute atomic E-state index is 13.6. The van der Waals surface area contributed by atoms with Crippen molar-refractivity contribution in [2.75, 3.05) is 7.11 Å². The number of halogens is 4. The van der Waals surface area contributed by atoms with Crippen molar-refractivity contribution >= 4 is 44.4 Å². The van der Waals surface area contributed by atoms with Crippen molar-refractivity contribution < 1.29 is 18.3 Å². The fourth-order valence-electron chi connectivity index (χ4n) is 1.47. The molecule has 0 amide bonds. The molecule has 0 aliphatic rings. The highest BCUT2D eigenvalue weighted by atomic mass is 79.9. The summed E-state index contributed by atoms with van der Waals surface area (Å²) in [5.74, 6) is -2.45. The van der Waals surface area contributed by atoms with Crippen molar-refractivity contribution in [3.8, 4) is 0 Å². The Bertz CT molecular complexity index is 663. The van der Waals surface area contributed by atoms with Crippen LogP contribution in [0.15, 0.2) is 16.6 Å². The van der Waals surface area contributed by atoms with Gasteiger partial charge in [-0.1, -0.05) is 11.6 Å². The molecule has 94 valence electrons. The van der Waals surface area contributed by atoms with Crippen molar-refractivity contribution in [1.29, 1.82) is 0 Å². The zero-order valence-electron chi connectivity index (χ0n) is 8.93. The van der Waals surface area contributed by atoms with Gasteiger partial charge in [-0.3, -0.25) is 0 Å². The SMILES string of the molecule is COC(=O)c1cc(Cl)c2c(Br)c(F)cc(F)c2n1. The van der Waals surface area contributed by atoms with Crippen molar-refractivity contribution in [1.82, 2.24) is 4.98 Å². The lowest BCUT2D eigenvalue weighted by atomic mass is 10.2. The Labute approximate surface area is 114 Å². The molecule has 0 N–H and O–H groups in total. The van der Waals surface area contributed by atoms with E-state index in [1.807, 2.05) is 0 Å². The van der Waals surface area contributed by atoms with Crippen LogP contribution in [-0.4, -0.2) is 18.1 Å². The van der Waals surface area contributed by atoms with Gasteiger partial charge in [-0.25, -0.2) is 18.6 Å². The van der Waals surface area contributed by atoms with Crippen molar-refractivity contribution in [2.24, 2.45) is 0 Å². The molecule has 1 aromatic heterocycles. The Balaban J connectivity index is 2.86. The Kier molecular flexibility index (Phi) is 3.49. The first-order chi connectivity index (χ1) is 8.45. The van der Waals surface area contributed by atoms with Gasteiger partial charge in [-0.05, 0) is 22.0 Å². The molecule has 1 aromatic carbocycles. The van der Waals surface area contributed by atoms with E-state index in [0.29, 0.717) is 6.07 Å². The summed E-state index contributed by atoms with van der Waals surface area (Å²) in [7, 11) is 1.17. The molecule has 2 aromatic rings. The molecule has 0 unspecified atom stereocenters. The first-order valence-electron chi connectivity index (χ1n) is 4.67. The second-order valence-corrected chi connectivity index (χ2v) is 4.56. The summed E-state index contributed by atoms with van der Waals surface area (Å²) < 4.78 is 31.4. The van der Waals surface area contributed by atoms with E-state index in [1.54, 1.807) is 0 Å². The number of hydrogen-bond acceptors (Lipinski definition) is 3. The fourth-order valence-corrected chi connectivity index (χ4v) is 2.38. The van der Waals surface area contributed by atoms with Crippen molar-refractivity contribution in [2.45, 2.75) is 0 Å². The first kappa shape index (κ1) is 13.2. The Morgan fingerprint density at radius 1 is 1.39 bits per heavy atom. The van der Waals surface area contributed by atoms with Crippen LogP contribution in [0.1, 0.15) is 10.5 Å². The summed E-state index contributed by atoms with van der Waals surface area (Å²) in [6, 6.07) is 1.86. The summed E-state index contributed by atoms with van der Waals surface area (Å²) in [6.07, 6.45) is 0. The van der Waals surface area contributed by atoms with Crippen LogP contribution in [0.5, 0.6) is 0 Å². The highest BCUT2D eigenvalue weighted by Crippen LogP contribution is 2.33. The molecule has 0 bridgehead atoms. The lowest BCUT2D eigenvalue weighted by Gasteiger charge is -2.07. The summed E-state index contributed by atoms with van der Waals surface area (Å²) in [5.41, 5.74) is -0.344. The quantitative estimate of drug-likeness (QED) is 0.588. The van der Waals surface area contributed by atoms with Gasteiger partial charge in [0.05, 0.1) is 16.6 Å². The van der Waals surface area contributed by atoms with Crippen LogP contribution in [0, 0.1) is 11.6 Å². The third kappa shape index (κ3) is 2.06. The Hall–Kier alpha value is -1.27. The molecular formula is C11H5BrClF2NO2. The van der Waals surface area contributed by atoms with E-state index in [0.717, 1.165) is 0 Å². The Morgan fingerprint density at radius 3 is 2.67 bits per heavy atom. The van der Waals surface area contributed by atoms with Crippen LogP contribution in [0.4, 0.5) is 8.78 Å². The molecule has 0 aliphatic heterocycles. The predicted molar refractivity (Wildman–Crippen MR) is 65.7 cm³/mol. The fraction of sp³-hybridized carbons (Fsp3) is 0.0909. The average Bonchev–Trinajstić information content (AvgIpc) is 2.34. The Morgan fingerprint density at radius 2 is 2.06 bits per heavy atom. The molecule has 0 aliphatic carbocycles. The largest absolute Gasteiger partial charge is 0.464 e. The zero-order valence-corrected chi connectivity index (χ0v) is 11.3. The van der Waals surface area contributed by atoms with Gasteiger partial charge in [-0.2, -0.15) is 0 Å². The van der Waals surface area contributed by atoms with E-state index < -0.39 is 17.6 Å². The molecule has 1 heterocycles. The number of pyridine rings is 1. The van der Waals surface area contributed by atoms with E-state index in [1.165, 1.54) is 13.2 Å². The van der Waals surface area contributed by atoms with Crippen LogP contribution in [0.3, 0.4) is 0 Å². The van der Waals surface area contributed by atoms with Gasteiger partial charge in [-0.15, -0.1) is 0 Å². The lowest BCUT2D eigenvalue weighted by Crippen LogP contribution is -2.05. The van der Waals surface area contributed by atoms with Gasteiger partial charge >= 0.3 is 5.97 Å². The van der Waals surface area contributed by atoms with E-state index in [4.69, 9.17) is 11.6 Å². The normalized spacial score (nSPS) is 10.7. The minimum absolute atomic E-state index is 0.00525.